The van der Waals surface area contributed by atoms with E-state index in [9.17, 15) is 9.59 Å². The number of nitrogens with zero attached hydrogens (tertiary/aromatic N) is 1. The normalized spacial score (nSPS) is 10.6. The molecule has 6 heteroatoms. The van der Waals surface area contributed by atoms with Gasteiger partial charge in [-0.3, -0.25) is 4.79 Å². The molecule has 122 valence electrons. The van der Waals surface area contributed by atoms with E-state index >= 15 is 0 Å². The molecule has 3 rings (SSSR count). The first-order valence-electron chi connectivity index (χ1n) is 7.55. The molecule has 1 N–H and O–H groups in total. The maximum atomic E-state index is 12.4. The second-order valence-electron chi connectivity index (χ2n) is 5.21. The third-order valence-electron chi connectivity index (χ3n) is 3.39. The molecule has 0 fully saturated rings. The van der Waals surface area contributed by atoms with Gasteiger partial charge < -0.3 is 14.5 Å². The van der Waals surface area contributed by atoms with Gasteiger partial charge in [-0.05, 0) is 30.3 Å². The number of oxazole rings is 1. The van der Waals surface area contributed by atoms with Crippen LogP contribution in [0.2, 0.25) is 0 Å². The molecule has 0 saturated carbocycles. The van der Waals surface area contributed by atoms with Crippen LogP contribution in [-0.2, 0) is 4.79 Å². The number of hydrogen-bond acceptors (Lipinski definition) is 5. The molecule has 0 atom stereocenters. The van der Waals surface area contributed by atoms with Gasteiger partial charge in [-0.15, -0.1) is 0 Å². The topological polar surface area (TPSA) is 81.4 Å². The van der Waals surface area contributed by atoms with Gasteiger partial charge in [0.2, 0.25) is 5.91 Å². The summed E-state index contributed by atoms with van der Waals surface area (Å²) in [5, 5.41) is 2.71. The van der Waals surface area contributed by atoms with Crippen molar-refractivity contribution in [1.82, 2.24) is 4.98 Å². The summed E-state index contributed by atoms with van der Waals surface area (Å²) in [5.74, 6) is 0.175. The second kappa shape index (κ2) is 6.54. The zero-order valence-electron chi connectivity index (χ0n) is 13.3. The van der Waals surface area contributed by atoms with Gasteiger partial charge in [0.1, 0.15) is 0 Å². The fourth-order valence-electron chi connectivity index (χ4n) is 2.25. The molecule has 1 aromatic heterocycles. The lowest BCUT2D eigenvalue weighted by Crippen LogP contribution is -2.12. The highest BCUT2D eigenvalue weighted by molar-refractivity contribution is 5.96. The highest BCUT2D eigenvalue weighted by Gasteiger charge is 2.14. The van der Waals surface area contributed by atoms with Gasteiger partial charge in [0.15, 0.2) is 22.7 Å². The Morgan fingerprint density at radius 1 is 1.21 bits per heavy atom. The third-order valence-corrected chi connectivity index (χ3v) is 3.39. The number of carbonyl (C=O) groups excluding carboxylic acids is 2. The molecule has 1 amide bonds. The number of benzene rings is 2. The molecule has 0 unspecified atom stereocenters. The third kappa shape index (κ3) is 3.27. The van der Waals surface area contributed by atoms with Gasteiger partial charge in [0.25, 0.3) is 0 Å². The van der Waals surface area contributed by atoms with E-state index in [1.165, 1.54) is 0 Å². The number of anilines is 1. The van der Waals surface area contributed by atoms with Crippen molar-refractivity contribution in [2.45, 2.75) is 20.3 Å². The fraction of sp³-hybridized carbons (Fsp3) is 0.167. The van der Waals surface area contributed by atoms with E-state index in [0.29, 0.717) is 40.4 Å². The largest absolute Gasteiger partial charge is 0.441 e. The van der Waals surface area contributed by atoms with Crippen LogP contribution in [0.25, 0.3) is 11.1 Å². The van der Waals surface area contributed by atoms with Crippen molar-refractivity contribution in [3.8, 4) is 5.75 Å². The molecule has 0 bridgehead atoms. The number of ether oxygens (including phenoxy) is 1. The van der Waals surface area contributed by atoms with Crippen molar-refractivity contribution in [1.29, 1.82) is 0 Å². The molecule has 6 nitrogen and oxygen atoms in total. The summed E-state index contributed by atoms with van der Waals surface area (Å²) in [6, 6.07) is 11.7. The Labute approximate surface area is 138 Å². The van der Waals surface area contributed by atoms with Crippen LogP contribution in [0.5, 0.6) is 5.75 Å². The maximum absolute atomic E-state index is 12.4. The molecule has 24 heavy (non-hydrogen) atoms. The molecule has 0 aliphatic carbocycles. The predicted octanol–water partition coefficient (Wildman–Crippen LogP) is 3.70. The lowest BCUT2D eigenvalue weighted by atomic mass is 10.2. The van der Waals surface area contributed by atoms with Crippen molar-refractivity contribution in [2.75, 3.05) is 5.32 Å². The summed E-state index contributed by atoms with van der Waals surface area (Å²) >= 11 is 0. The molecular weight excluding hydrogens is 308 g/mol. The SMILES string of the molecule is CCC(=O)Nc1cccc(C(=O)Oc2cccc3oc(C)nc23)c1. The number of carbonyl (C=O) groups is 2. The minimum Gasteiger partial charge on any atom is -0.441 e. The average molecular weight is 324 g/mol. The number of aromatic nitrogens is 1. The van der Waals surface area contributed by atoms with Crippen molar-refractivity contribution in [3.05, 3.63) is 53.9 Å². The van der Waals surface area contributed by atoms with Crippen molar-refractivity contribution in [2.24, 2.45) is 0 Å². The van der Waals surface area contributed by atoms with Crippen LogP contribution in [0, 0.1) is 6.92 Å². The molecule has 3 aromatic rings. The van der Waals surface area contributed by atoms with Gasteiger partial charge >= 0.3 is 5.97 Å². The van der Waals surface area contributed by atoms with Gasteiger partial charge in [0.05, 0.1) is 5.56 Å². The average Bonchev–Trinajstić information content (AvgIpc) is 2.96. The van der Waals surface area contributed by atoms with Gasteiger partial charge in [-0.1, -0.05) is 19.1 Å². The lowest BCUT2D eigenvalue weighted by molar-refractivity contribution is -0.115. The number of aryl methyl sites for hydroxylation is 1. The van der Waals surface area contributed by atoms with Crippen LogP contribution in [0.15, 0.2) is 46.9 Å². The van der Waals surface area contributed by atoms with E-state index < -0.39 is 5.97 Å². The van der Waals surface area contributed by atoms with E-state index in [-0.39, 0.29) is 5.91 Å². The molecule has 0 spiro atoms. The molecule has 0 radical (unpaired) electrons. The van der Waals surface area contributed by atoms with Crippen LogP contribution in [0.3, 0.4) is 0 Å². The molecule has 2 aromatic carbocycles. The molecular formula is C18H16N2O4. The summed E-state index contributed by atoms with van der Waals surface area (Å²) in [6.07, 6.45) is 0.363. The summed E-state index contributed by atoms with van der Waals surface area (Å²) in [5.41, 5.74) is 1.94. The van der Waals surface area contributed by atoms with Crippen molar-refractivity contribution >= 4 is 28.7 Å². The minimum atomic E-state index is -0.532. The second-order valence-corrected chi connectivity index (χ2v) is 5.21. The zero-order chi connectivity index (χ0) is 17.1. The van der Waals surface area contributed by atoms with Crippen molar-refractivity contribution < 1.29 is 18.7 Å². The van der Waals surface area contributed by atoms with E-state index in [4.69, 9.17) is 9.15 Å². The Morgan fingerprint density at radius 2 is 2.00 bits per heavy atom. The standard InChI is InChI=1S/C18H16N2O4/c1-3-16(21)20-13-7-4-6-12(10-13)18(22)24-15-9-5-8-14-17(15)19-11(2)23-14/h4-10H,3H2,1-2H3,(H,20,21). The smallest absolute Gasteiger partial charge is 0.343 e. The maximum Gasteiger partial charge on any atom is 0.343 e. The Hall–Kier alpha value is -3.15. The number of fused-ring (bicyclic) bond motifs is 1. The highest BCUT2D eigenvalue weighted by atomic mass is 16.5. The van der Waals surface area contributed by atoms with E-state index in [1.807, 2.05) is 0 Å². The van der Waals surface area contributed by atoms with Crippen molar-refractivity contribution in [3.63, 3.8) is 0 Å². The quantitative estimate of drug-likeness (QED) is 0.584. The Kier molecular flexibility index (Phi) is 4.29. The lowest BCUT2D eigenvalue weighted by Gasteiger charge is -2.07. The van der Waals surface area contributed by atoms with E-state index in [1.54, 1.807) is 56.3 Å². The van der Waals surface area contributed by atoms with E-state index in [2.05, 4.69) is 10.3 Å². The number of nitrogens with one attached hydrogen (secondary N) is 1. The molecule has 0 saturated heterocycles. The summed E-state index contributed by atoms with van der Waals surface area (Å²) < 4.78 is 10.9. The van der Waals surface area contributed by atoms with Gasteiger partial charge in [-0.25, -0.2) is 9.78 Å². The predicted molar refractivity (Wildman–Crippen MR) is 89.1 cm³/mol. The Morgan fingerprint density at radius 3 is 2.79 bits per heavy atom. The van der Waals surface area contributed by atoms with E-state index in [0.717, 1.165) is 0 Å². The number of para-hydroxylation sites is 1. The summed E-state index contributed by atoms with van der Waals surface area (Å²) in [4.78, 5) is 28.1. The first-order chi connectivity index (χ1) is 11.6. The Balaban J connectivity index is 1.84. The number of hydrogen-bond donors (Lipinski definition) is 1. The van der Waals surface area contributed by atoms with Gasteiger partial charge in [0, 0.05) is 19.0 Å². The minimum absolute atomic E-state index is 0.122. The van der Waals surface area contributed by atoms with Crippen LogP contribution < -0.4 is 10.1 Å². The molecule has 0 aliphatic heterocycles. The molecule has 0 aliphatic rings. The van der Waals surface area contributed by atoms with Crippen LogP contribution >= 0.6 is 0 Å². The summed E-state index contributed by atoms with van der Waals surface area (Å²) in [7, 11) is 0. The Bertz CT molecular complexity index is 914. The summed E-state index contributed by atoms with van der Waals surface area (Å²) in [6.45, 7) is 3.49. The number of rotatable bonds is 4. The molecule has 1 heterocycles. The first kappa shape index (κ1) is 15.7. The fourth-order valence-corrected chi connectivity index (χ4v) is 2.25. The monoisotopic (exact) mass is 324 g/mol. The van der Waals surface area contributed by atoms with Crippen LogP contribution in [0.4, 0.5) is 5.69 Å². The first-order valence-corrected chi connectivity index (χ1v) is 7.55. The zero-order valence-corrected chi connectivity index (χ0v) is 13.3. The highest BCUT2D eigenvalue weighted by Crippen LogP contribution is 2.26. The van der Waals surface area contributed by atoms with Crippen LogP contribution in [-0.4, -0.2) is 16.9 Å². The van der Waals surface area contributed by atoms with Crippen LogP contribution in [0.1, 0.15) is 29.6 Å². The van der Waals surface area contributed by atoms with Gasteiger partial charge in [-0.2, -0.15) is 0 Å². The number of esters is 1. The number of amides is 1.